The van der Waals surface area contributed by atoms with Crippen molar-refractivity contribution >= 4 is 11.9 Å². The van der Waals surface area contributed by atoms with Crippen LogP contribution in [0.15, 0.2) is 47.5 Å². The van der Waals surface area contributed by atoms with Gasteiger partial charge in [-0.05, 0) is 57.3 Å². The molecule has 2 rings (SSSR count). The number of nitrogens with one attached hydrogen (secondary N) is 2. The van der Waals surface area contributed by atoms with E-state index in [0.29, 0.717) is 31.0 Å². The van der Waals surface area contributed by atoms with Gasteiger partial charge in [0, 0.05) is 38.3 Å². The van der Waals surface area contributed by atoms with Crippen LogP contribution in [0, 0.1) is 11.6 Å². The molecule has 2 aromatic rings. The average molecular weight is 446 g/mol. The molecule has 2 aromatic carbocycles. The summed E-state index contributed by atoms with van der Waals surface area (Å²) in [6.07, 6.45) is 0.692. The number of likely N-dealkylation sites (N-methyl/N-ethyl adjacent to an activating group) is 1. The van der Waals surface area contributed by atoms with Gasteiger partial charge in [-0.25, -0.2) is 8.78 Å². The van der Waals surface area contributed by atoms with E-state index in [0.717, 1.165) is 5.56 Å². The number of amides is 1. The summed E-state index contributed by atoms with van der Waals surface area (Å²) < 4.78 is 28.6. The summed E-state index contributed by atoms with van der Waals surface area (Å²) in [5, 5.41) is 6.41. The first-order valence-corrected chi connectivity index (χ1v) is 10.7. The van der Waals surface area contributed by atoms with Crippen molar-refractivity contribution in [2.75, 3.05) is 47.8 Å². The molecule has 0 aliphatic carbocycles. The van der Waals surface area contributed by atoms with E-state index in [1.165, 1.54) is 18.2 Å². The van der Waals surface area contributed by atoms with Gasteiger partial charge < -0.3 is 20.4 Å². The van der Waals surface area contributed by atoms with Crippen molar-refractivity contribution in [3.8, 4) is 0 Å². The number of halogens is 2. The summed E-state index contributed by atoms with van der Waals surface area (Å²) >= 11 is 0. The predicted molar refractivity (Wildman–Crippen MR) is 125 cm³/mol. The molecule has 0 spiro atoms. The van der Waals surface area contributed by atoms with Crippen LogP contribution in [0.5, 0.6) is 0 Å². The van der Waals surface area contributed by atoms with Gasteiger partial charge in [0.15, 0.2) is 5.96 Å². The molecule has 0 heterocycles. The van der Waals surface area contributed by atoms with Crippen LogP contribution < -0.4 is 10.6 Å². The molecule has 0 bridgehead atoms. The van der Waals surface area contributed by atoms with Gasteiger partial charge in [0.05, 0.1) is 12.6 Å². The van der Waals surface area contributed by atoms with E-state index in [9.17, 15) is 13.6 Å². The maximum Gasteiger partial charge on any atom is 0.253 e. The smallest absolute Gasteiger partial charge is 0.253 e. The van der Waals surface area contributed by atoms with Gasteiger partial charge in [-0.1, -0.05) is 18.2 Å². The first-order chi connectivity index (χ1) is 15.2. The predicted octanol–water partition coefficient (Wildman–Crippen LogP) is 3.07. The minimum absolute atomic E-state index is 0.0134. The van der Waals surface area contributed by atoms with Crippen LogP contribution in [-0.2, 0) is 6.42 Å². The van der Waals surface area contributed by atoms with E-state index in [1.807, 2.05) is 25.1 Å². The number of hydrogen-bond donors (Lipinski definition) is 2. The fraction of sp³-hybridized carbons (Fsp3) is 0.417. The third-order valence-corrected chi connectivity index (χ3v) is 5.01. The summed E-state index contributed by atoms with van der Waals surface area (Å²) in [4.78, 5) is 20.0. The molecule has 6 nitrogen and oxygen atoms in total. The van der Waals surface area contributed by atoms with Gasteiger partial charge in [0.1, 0.15) is 11.6 Å². The maximum absolute atomic E-state index is 14.3. The van der Waals surface area contributed by atoms with Crippen molar-refractivity contribution in [3.05, 3.63) is 70.8 Å². The second-order valence-electron chi connectivity index (χ2n) is 7.91. The third kappa shape index (κ3) is 7.02. The minimum atomic E-state index is -0.580. The summed E-state index contributed by atoms with van der Waals surface area (Å²) in [6, 6.07) is 10.9. The number of carbonyl (C=O) groups excluding carboxylic acids is 1. The molecule has 174 valence electrons. The second kappa shape index (κ2) is 12.1. The molecular formula is C24H33F2N5O. The quantitative estimate of drug-likeness (QED) is 0.460. The minimum Gasteiger partial charge on any atom is -0.357 e. The zero-order valence-corrected chi connectivity index (χ0v) is 19.5. The highest BCUT2D eigenvalue weighted by Crippen LogP contribution is 2.24. The van der Waals surface area contributed by atoms with E-state index in [-0.39, 0.29) is 18.0 Å². The maximum atomic E-state index is 14.3. The molecule has 1 unspecified atom stereocenters. The first-order valence-electron chi connectivity index (χ1n) is 10.7. The Labute approximate surface area is 189 Å². The summed E-state index contributed by atoms with van der Waals surface area (Å²) in [5.74, 6) is -0.630. The summed E-state index contributed by atoms with van der Waals surface area (Å²) in [5.41, 5.74) is 1.69. The van der Waals surface area contributed by atoms with E-state index >= 15 is 0 Å². The Morgan fingerprint density at radius 2 is 1.69 bits per heavy atom. The SMILES string of the molecule is CCNC(=NCC(c1c(F)cccc1F)N(C)C)NCCc1cccc(C(=O)N(C)C)c1. The van der Waals surface area contributed by atoms with Crippen molar-refractivity contribution in [1.29, 1.82) is 0 Å². The molecule has 2 N–H and O–H groups in total. The van der Waals surface area contributed by atoms with Crippen LogP contribution in [0.1, 0.15) is 34.5 Å². The van der Waals surface area contributed by atoms with E-state index in [4.69, 9.17) is 0 Å². The summed E-state index contributed by atoms with van der Waals surface area (Å²) in [7, 11) is 7.00. The molecule has 1 atom stereocenters. The lowest BCUT2D eigenvalue weighted by Crippen LogP contribution is -2.39. The number of carbonyl (C=O) groups is 1. The third-order valence-electron chi connectivity index (χ3n) is 5.01. The molecule has 1 amide bonds. The number of rotatable bonds is 9. The zero-order chi connectivity index (χ0) is 23.7. The van der Waals surface area contributed by atoms with Crippen LogP contribution in [0.3, 0.4) is 0 Å². The van der Waals surface area contributed by atoms with E-state index in [1.54, 1.807) is 44.1 Å². The monoisotopic (exact) mass is 445 g/mol. The highest BCUT2D eigenvalue weighted by molar-refractivity contribution is 5.94. The fourth-order valence-corrected chi connectivity index (χ4v) is 3.30. The van der Waals surface area contributed by atoms with Crippen molar-refractivity contribution in [2.45, 2.75) is 19.4 Å². The second-order valence-corrected chi connectivity index (χ2v) is 7.91. The average Bonchev–Trinajstić information content (AvgIpc) is 2.75. The molecule has 0 aliphatic heterocycles. The van der Waals surface area contributed by atoms with Crippen molar-refractivity contribution in [1.82, 2.24) is 20.4 Å². The number of benzene rings is 2. The Morgan fingerprint density at radius 1 is 1.03 bits per heavy atom. The van der Waals surface area contributed by atoms with Gasteiger partial charge in [-0.15, -0.1) is 0 Å². The Balaban J connectivity index is 2.07. The van der Waals surface area contributed by atoms with Crippen LogP contribution in [0.25, 0.3) is 0 Å². The number of hydrogen-bond acceptors (Lipinski definition) is 3. The zero-order valence-electron chi connectivity index (χ0n) is 19.5. The van der Waals surface area contributed by atoms with Crippen LogP contribution in [0.2, 0.25) is 0 Å². The van der Waals surface area contributed by atoms with Gasteiger partial charge in [0.2, 0.25) is 0 Å². The Bertz CT molecular complexity index is 910. The highest BCUT2D eigenvalue weighted by atomic mass is 19.1. The van der Waals surface area contributed by atoms with Gasteiger partial charge in [-0.2, -0.15) is 0 Å². The number of aliphatic imine (C=N–C) groups is 1. The topological polar surface area (TPSA) is 60.0 Å². The molecule has 0 saturated carbocycles. The molecule has 8 heteroatoms. The van der Waals surface area contributed by atoms with Crippen molar-refractivity contribution < 1.29 is 13.6 Å². The van der Waals surface area contributed by atoms with E-state index < -0.39 is 17.7 Å². The normalized spacial score (nSPS) is 12.6. The Morgan fingerprint density at radius 3 is 2.28 bits per heavy atom. The van der Waals surface area contributed by atoms with E-state index in [2.05, 4.69) is 15.6 Å². The lowest BCUT2D eigenvalue weighted by molar-refractivity contribution is 0.0827. The van der Waals surface area contributed by atoms with Gasteiger partial charge in [0.25, 0.3) is 5.91 Å². The lowest BCUT2D eigenvalue weighted by atomic mass is 10.0. The number of guanidine groups is 1. The standard InChI is InChI=1S/C24H33F2N5O/c1-6-27-24(28-14-13-17-9-7-10-18(15-17)23(32)31(4)5)29-16-21(30(2)3)22-19(25)11-8-12-20(22)26/h7-12,15,21H,6,13-14,16H2,1-5H3,(H2,27,28,29). The van der Waals surface area contributed by atoms with Crippen molar-refractivity contribution in [3.63, 3.8) is 0 Å². The molecule has 0 fully saturated rings. The molecule has 32 heavy (non-hydrogen) atoms. The molecule has 0 aromatic heterocycles. The highest BCUT2D eigenvalue weighted by Gasteiger charge is 2.22. The fourth-order valence-electron chi connectivity index (χ4n) is 3.30. The largest absolute Gasteiger partial charge is 0.357 e. The Hall–Kier alpha value is -3.00. The van der Waals surface area contributed by atoms with Crippen LogP contribution in [0.4, 0.5) is 8.78 Å². The Kier molecular flexibility index (Phi) is 9.59. The van der Waals surface area contributed by atoms with Crippen LogP contribution in [-0.4, -0.2) is 69.5 Å². The van der Waals surface area contributed by atoms with Gasteiger partial charge >= 0.3 is 0 Å². The summed E-state index contributed by atoms with van der Waals surface area (Å²) in [6.45, 7) is 3.38. The molecular weight excluding hydrogens is 412 g/mol. The molecule has 0 radical (unpaired) electrons. The molecule has 0 aliphatic rings. The van der Waals surface area contributed by atoms with Gasteiger partial charge in [-0.3, -0.25) is 9.79 Å². The van der Waals surface area contributed by atoms with Crippen molar-refractivity contribution in [2.24, 2.45) is 4.99 Å². The molecule has 0 saturated heterocycles. The first kappa shape index (κ1) is 25.3. The van der Waals surface area contributed by atoms with Crippen LogP contribution >= 0.6 is 0 Å². The number of nitrogens with zero attached hydrogens (tertiary/aromatic N) is 3. The lowest BCUT2D eigenvalue weighted by Gasteiger charge is -2.24.